The topological polar surface area (TPSA) is 64.9 Å². The molecule has 2 N–H and O–H groups in total. The molecule has 0 bridgehead atoms. The first-order valence-electron chi connectivity index (χ1n) is 6.43. The second kappa shape index (κ2) is 10.1. The summed E-state index contributed by atoms with van der Waals surface area (Å²) in [6.45, 7) is 7.33. The van der Waals surface area contributed by atoms with Gasteiger partial charge in [-0.1, -0.05) is 26.7 Å². The van der Waals surface area contributed by atoms with E-state index in [9.17, 15) is 4.79 Å². The van der Waals surface area contributed by atoms with Gasteiger partial charge in [0.1, 0.15) is 0 Å². The summed E-state index contributed by atoms with van der Waals surface area (Å²) >= 11 is 0. The van der Waals surface area contributed by atoms with E-state index in [2.05, 4.69) is 31.4 Å². The molecule has 4 nitrogen and oxygen atoms in total. The highest BCUT2D eigenvalue weighted by Gasteiger charge is 2.05. The number of carbonyl (C=O) groups is 1. The SMILES string of the molecule is CC(C)CCCC(C)NCC(=O)NCCC#N. The van der Waals surface area contributed by atoms with Crippen LogP contribution < -0.4 is 10.6 Å². The summed E-state index contributed by atoms with van der Waals surface area (Å²) in [7, 11) is 0. The van der Waals surface area contributed by atoms with E-state index in [0.717, 1.165) is 12.3 Å². The molecule has 0 spiro atoms. The van der Waals surface area contributed by atoms with Crippen LogP contribution >= 0.6 is 0 Å². The van der Waals surface area contributed by atoms with Crippen LogP contribution in [0.1, 0.15) is 46.5 Å². The predicted molar refractivity (Wildman–Crippen MR) is 69.4 cm³/mol. The Morgan fingerprint density at radius 3 is 2.59 bits per heavy atom. The van der Waals surface area contributed by atoms with Crippen LogP contribution in [0, 0.1) is 17.2 Å². The number of rotatable bonds is 9. The summed E-state index contributed by atoms with van der Waals surface area (Å²) in [5, 5.41) is 14.2. The van der Waals surface area contributed by atoms with Crippen molar-refractivity contribution < 1.29 is 4.79 Å². The molecule has 0 aliphatic heterocycles. The summed E-state index contributed by atoms with van der Waals surface area (Å²) in [5.41, 5.74) is 0. The molecule has 0 aliphatic carbocycles. The standard InChI is InChI=1S/C13H25N3O/c1-11(2)6-4-7-12(3)16-10-13(17)15-9-5-8-14/h11-12,16H,4-7,9-10H2,1-3H3,(H,15,17). The number of nitrogens with one attached hydrogen (secondary N) is 2. The lowest BCUT2D eigenvalue weighted by molar-refractivity contribution is -0.120. The third-order valence-corrected chi connectivity index (χ3v) is 2.59. The van der Waals surface area contributed by atoms with Crippen LogP contribution in [0.2, 0.25) is 0 Å². The van der Waals surface area contributed by atoms with Gasteiger partial charge < -0.3 is 10.6 Å². The third kappa shape index (κ3) is 11.2. The fourth-order valence-electron chi connectivity index (χ4n) is 1.52. The molecule has 17 heavy (non-hydrogen) atoms. The summed E-state index contributed by atoms with van der Waals surface area (Å²) in [6.07, 6.45) is 3.90. The van der Waals surface area contributed by atoms with Crippen molar-refractivity contribution in [2.75, 3.05) is 13.1 Å². The van der Waals surface area contributed by atoms with E-state index in [1.54, 1.807) is 0 Å². The van der Waals surface area contributed by atoms with Gasteiger partial charge in [0.2, 0.25) is 5.91 Å². The van der Waals surface area contributed by atoms with Gasteiger partial charge in [0.25, 0.3) is 0 Å². The Kier molecular flexibility index (Phi) is 9.46. The highest BCUT2D eigenvalue weighted by atomic mass is 16.1. The second-order valence-corrected chi connectivity index (χ2v) is 4.86. The molecule has 1 amide bonds. The first-order chi connectivity index (χ1) is 8.06. The van der Waals surface area contributed by atoms with Crippen molar-refractivity contribution in [3.8, 4) is 6.07 Å². The van der Waals surface area contributed by atoms with Gasteiger partial charge in [-0.3, -0.25) is 4.79 Å². The molecule has 0 radical (unpaired) electrons. The highest BCUT2D eigenvalue weighted by molar-refractivity contribution is 5.77. The molecule has 0 aromatic heterocycles. The Bertz CT molecular complexity index is 246. The van der Waals surface area contributed by atoms with Gasteiger partial charge in [-0.25, -0.2) is 0 Å². The molecule has 0 rings (SSSR count). The molecule has 0 aromatic rings. The number of hydrogen-bond acceptors (Lipinski definition) is 3. The average Bonchev–Trinajstić information content (AvgIpc) is 2.26. The summed E-state index contributed by atoms with van der Waals surface area (Å²) in [5.74, 6) is 0.715. The molecule has 0 saturated carbocycles. The predicted octanol–water partition coefficient (Wildman–Crippen LogP) is 1.82. The van der Waals surface area contributed by atoms with Gasteiger partial charge in [-0.15, -0.1) is 0 Å². The Hall–Kier alpha value is -1.08. The molecule has 0 aliphatic rings. The Balaban J connectivity index is 3.46. The number of nitriles is 1. The minimum atomic E-state index is -0.0315. The van der Waals surface area contributed by atoms with Gasteiger partial charge in [-0.2, -0.15) is 5.26 Å². The van der Waals surface area contributed by atoms with Gasteiger partial charge >= 0.3 is 0 Å². The smallest absolute Gasteiger partial charge is 0.233 e. The number of carbonyl (C=O) groups excluding carboxylic acids is 1. The number of amides is 1. The average molecular weight is 239 g/mol. The first kappa shape index (κ1) is 15.9. The van der Waals surface area contributed by atoms with Crippen molar-refractivity contribution in [1.82, 2.24) is 10.6 Å². The summed E-state index contributed by atoms with van der Waals surface area (Å²) in [6, 6.07) is 2.36. The Morgan fingerprint density at radius 1 is 1.29 bits per heavy atom. The largest absolute Gasteiger partial charge is 0.354 e. The lowest BCUT2D eigenvalue weighted by Crippen LogP contribution is -2.38. The van der Waals surface area contributed by atoms with Crippen LogP contribution in [0.5, 0.6) is 0 Å². The van der Waals surface area contributed by atoms with Crippen molar-refractivity contribution in [1.29, 1.82) is 5.26 Å². The number of nitrogens with zero attached hydrogens (tertiary/aromatic N) is 1. The van der Waals surface area contributed by atoms with Crippen LogP contribution in [0.4, 0.5) is 0 Å². The molecule has 0 fully saturated rings. The van der Waals surface area contributed by atoms with Crippen molar-refractivity contribution in [2.45, 2.75) is 52.5 Å². The van der Waals surface area contributed by atoms with Gasteiger partial charge in [0, 0.05) is 12.6 Å². The van der Waals surface area contributed by atoms with E-state index >= 15 is 0 Å². The van der Waals surface area contributed by atoms with Crippen molar-refractivity contribution in [3.05, 3.63) is 0 Å². The molecule has 0 saturated heterocycles. The quantitative estimate of drug-likeness (QED) is 0.603. The minimum Gasteiger partial charge on any atom is -0.354 e. The second-order valence-electron chi connectivity index (χ2n) is 4.86. The molecular weight excluding hydrogens is 214 g/mol. The van der Waals surface area contributed by atoms with Crippen LogP contribution in [0.25, 0.3) is 0 Å². The zero-order chi connectivity index (χ0) is 13.1. The highest BCUT2D eigenvalue weighted by Crippen LogP contribution is 2.07. The number of hydrogen-bond donors (Lipinski definition) is 2. The maximum absolute atomic E-state index is 11.3. The summed E-state index contributed by atoms with van der Waals surface area (Å²) in [4.78, 5) is 11.3. The zero-order valence-electron chi connectivity index (χ0n) is 11.3. The molecule has 0 aromatic carbocycles. The molecular formula is C13H25N3O. The van der Waals surface area contributed by atoms with E-state index in [-0.39, 0.29) is 5.91 Å². The fourth-order valence-corrected chi connectivity index (χ4v) is 1.52. The lowest BCUT2D eigenvalue weighted by Gasteiger charge is -2.14. The maximum Gasteiger partial charge on any atom is 0.233 e. The lowest BCUT2D eigenvalue weighted by atomic mass is 10.0. The molecule has 1 unspecified atom stereocenters. The van der Waals surface area contributed by atoms with Crippen molar-refractivity contribution in [3.63, 3.8) is 0 Å². The minimum absolute atomic E-state index is 0.0315. The van der Waals surface area contributed by atoms with Gasteiger partial charge in [0.05, 0.1) is 19.0 Å². The molecule has 98 valence electrons. The van der Waals surface area contributed by atoms with Gasteiger partial charge in [0.15, 0.2) is 0 Å². The van der Waals surface area contributed by atoms with E-state index in [4.69, 9.17) is 5.26 Å². The van der Waals surface area contributed by atoms with E-state index in [0.29, 0.717) is 25.6 Å². The Morgan fingerprint density at radius 2 is 2.00 bits per heavy atom. The third-order valence-electron chi connectivity index (χ3n) is 2.59. The van der Waals surface area contributed by atoms with Crippen molar-refractivity contribution >= 4 is 5.91 Å². The fraction of sp³-hybridized carbons (Fsp3) is 0.846. The normalized spacial score (nSPS) is 12.2. The zero-order valence-corrected chi connectivity index (χ0v) is 11.3. The van der Waals surface area contributed by atoms with Crippen LogP contribution in [0.15, 0.2) is 0 Å². The van der Waals surface area contributed by atoms with E-state index < -0.39 is 0 Å². The van der Waals surface area contributed by atoms with Gasteiger partial charge in [-0.05, 0) is 19.3 Å². The summed E-state index contributed by atoms with van der Waals surface area (Å²) < 4.78 is 0. The monoisotopic (exact) mass is 239 g/mol. The maximum atomic E-state index is 11.3. The molecule has 0 heterocycles. The molecule has 4 heteroatoms. The van der Waals surface area contributed by atoms with E-state index in [1.165, 1.54) is 12.8 Å². The van der Waals surface area contributed by atoms with E-state index in [1.807, 2.05) is 6.07 Å². The van der Waals surface area contributed by atoms with Crippen LogP contribution in [-0.2, 0) is 4.79 Å². The first-order valence-corrected chi connectivity index (χ1v) is 6.43. The van der Waals surface area contributed by atoms with Crippen LogP contribution in [0.3, 0.4) is 0 Å². The molecule has 1 atom stereocenters. The Labute approximate surface area is 105 Å². The van der Waals surface area contributed by atoms with Crippen molar-refractivity contribution in [2.24, 2.45) is 5.92 Å². The van der Waals surface area contributed by atoms with Crippen LogP contribution in [-0.4, -0.2) is 25.0 Å².